The first kappa shape index (κ1) is 21.5. The van der Waals surface area contributed by atoms with E-state index in [4.69, 9.17) is 0 Å². The van der Waals surface area contributed by atoms with Crippen molar-refractivity contribution in [2.45, 2.75) is 26.8 Å². The van der Waals surface area contributed by atoms with Crippen molar-refractivity contribution in [1.29, 1.82) is 5.26 Å². The van der Waals surface area contributed by atoms with E-state index in [1.165, 1.54) is 12.1 Å². The smallest absolute Gasteiger partial charge is 0.269 e. The molecular formula is C24H22N4O3. The number of hydrogen-bond acceptors (Lipinski definition) is 4. The number of nitrogens with one attached hydrogen (secondary N) is 1. The van der Waals surface area contributed by atoms with E-state index in [0.29, 0.717) is 0 Å². The maximum absolute atomic E-state index is 12.7. The lowest BCUT2D eigenvalue weighted by Crippen LogP contribution is -2.27. The van der Waals surface area contributed by atoms with Crippen molar-refractivity contribution in [1.82, 2.24) is 9.88 Å². The third kappa shape index (κ3) is 4.70. The van der Waals surface area contributed by atoms with Gasteiger partial charge in [-0.25, -0.2) is 0 Å². The van der Waals surface area contributed by atoms with Crippen LogP contribution >= 0.6 is 0 Å². The number of rotatable bonds is 6. The van der Waals surface area contributed by atoms with Crippen molar-refractivity contribution in [3.05, 3.63) is 98.9 Å². The Labute approximate surface area is 180 Å². The van der Waals surface area contributed by atoms with E-state index in [-0.39, 0.29) is 17.3 Å². The molecule has 0 spiro atoms. The molecule has 156 valence electrons. The Morgan fingerprint density at radius 2 is 1.81 bits per heavy atom. The van der Waals surface area contributed by atoms with Crippen LogP contribution in [0.4, 0.5) is 5.69 Å². The number of nitriles is 1. The van der Waals surface area contributed by atoms with E-state index in [1.807, 2.05) is 67.8 Å². The maximum atomic E-state index is 12.7. The van der Waals surface area contributed by atoms with Gasteiger partial charge in [-0.15, -0.1) is 0 Å². The van der Waals surface area contributed by atoms with Crippen LogP contribution in [0.5, 0.6) is 0 Å². The third-order valence-corrected chi connectivity index (χ3v) is 5.10. The van der Waals surface area contributed by atoms with Crippen LogP contribution in [0.15, 0.2) is 66.2 Å². The number of aromatic nitrogens is 1. The summed E-state index contributed by atoms with van der Waals surface area (Å²) in [6.07, 6.45) is 1.57. The molecule has 3 aromatic rings. The van der Waals surface area contributed by atoms with Crippen molar-refractivity contribution in [2.75, 3.05) is 0 Å². The molecule has 1 aromatic heterocycles. The van der Waals surface area contributed by atoms with Crippen molar-refractivity contribution in [3.63, 3.8) is 0 Å². The molecule has 1 N–H and O–H groups in total. The number of carbonyl (C=O) groups excluding carboxylic acids is 1. The second-order valence-corrected chi connectivity index (χ2v) is 7.21. The van der Waals surface area contributed by atoms with Crippen molar-refractivity contribution in [2.24, 2.45) is 0 Å². The van der Waals surface area contributed by atoms with Crippen LogP contribution in [0.1, 0.15) is 35.5 Å². The molecule has 1 atom stereocenters. The Morgan fingerprint density at radius 1 is 1.16 bits per heavy atom. The van der Waals surface area contributed by atoms with E-state index in [9.17, 15) is 20.2 Å². The van der Waals surface area contributed by atoms with Crippen LogP contribution < -0.4 is 5.32 Å². The number of aryl methyl sites for hydroxylation is 1. The molecule has 0 saturated carbocycles. The molecule has 0 unspecified atom stereocenters. The van der Waals surface area contributed by atoms with Gasteiger partial charge in [0.15, 0.2) is 0 Å². The van der Waals surface area contributed by atoms with E-state index in [2.05, 4.69) is 5.32 Å². The Kier molecular flexibility index (Phi) is 6.32. The minimum Gasteiger partial charge on any atom is -0.345 e. The lowest BCUT2D eigenvalue weighted by molar-refractivity contribution is -0.384. The first-order valence-electron chi connectivity index (χ1n) is 9.73. The SMILES string of the molecule is Cc1cc(/C=C(\C#N)C(=O)N[C@@H](C)c2ccccc2)c(C)n1-c1ccc([N+](=O)[O-])cc1. The molecule has 2 aromatic carbocycles. The Bertz CT molecular complexity index is 1190. The predicted octanol–water partition coefficient (Wildman–Crippen LogP) is 4.79. The number of hydrogen-bond donors (Lipinski definition) is 1. The summed E-state index contributed by atoms with van der Waals surface area (Å²) in [7, 11) is 0. The van der Waals surface area contributed by atoms with Crippen LogP contribution in [-0.4, -0.2) is 15.4 Å². The zero-order valence-corrected chi connectivity index (χ0v) is 17.5. The fraction of sp³-hybridized carbons (Fsp3) is 0.167. The fourth-order valence-electron chi connectivity index (χ4n) is 3.46. The van der Waals surface area contributed by atoms with Gasteiger partial charge >= 0.3 is 0 Å². The summed E-state index contributed by atoms with van der Waals surface area (Å²) < 4.78 is 1.93. The normalized spacial score (nSPS) is 12.1. The highest BCUT2D eigenvalue weighted by Gasteiger charge is 2.16. The number of nitrogens with zero attached hydrogens (tertiary/aromatic N) is 3. The molecule has 0 saturated heterocycles. The van der Waals surface area contributed by atoms with Crippen molar-refractivity contribution >= 4 is 17.7 Å². The first-order chi connectivity index (χ1) is 14.8. The quantitative estimate of drug-likeness (QED) is 0.271. The average Bonchev–Trinajstić information content (AvgIpc) is 3.05. The summed E-state index contributed by atoms with van der Waals surface area (Å²) >= 11 is 0. The van der Waals surface area contributed by atoms with E-state index >= 15 is 0 Å². The second-order valence-electron chi connectivity index (χ2n) is 7.21. The summed E-state index contributed by atoms with van der Waals surface area (Å²) in [6.45, 7) is 5.64. The molecule has 1 heterocycles. The molecule has 0 fully saturated rings. The molecule has 7 heteroatoms. The van der Waals surface area contributed by atoms with Gasteiger partial charge in [-0.3, -0.25) is 14.9 Å². The lowest BCUT2D eigenvalue weighted by atomic mass is 10.1. The average molecular weight is 414 g/mol. The number of nitro benzene ring substituents is 1. The summed E-state index contributed by atoms with van der Waals surface area (Å²) in [5.41, 5.74) is 4.17. The first-order valence-corrected chi connectivity index (χ1v) is 9.73. The minimum absolute atomic E-state index is 0.00623. The van der Waals surface area contributed by atoms with Gasteiger partial charge in [-0.2, -0.15) is 5.26 Å². The molecule has 0 bridgehead atoms. The van der Waals surface area contributed by atoms with Gasteiger partial charge in [-0.05, 0) is 56.2 Å². The standard InChI is InChI=1S/C24H22N4O3/c1-16-13-20(18(3)27(16)22-9-11-23(12-10-22)28(30)31)14-21(15-25)24(29)26-17(2)19-7-5-4-6-8-19/h4-14,17H,1-3H3,(H,26,29)/b21-14+/t17-/m0/s1. The number of nitro groups is 1. The second kappa shape index (κ2) is 9.09. The molecule has 0 aliphatic heterocycles. The fourth-order valence-corrected chi connectivity index (χ4v) is 3.46. The van der Waals surface area contributed by atoms with Gasteiger partial charge in [0.2, 0.25) is 0 Å². The van der Waals surface area contributed by atoms with Crippen LogP contribution in [-0.2, 0) is 4.79 Å². The number of benzene rings is 2. The maximum Gasteiger partial charge on any atom is 0.269 e. The zero-order chi connectivity index (χ0) is 22.5. The number of non-ortho nitro benzene ring substituents is 1. The van der Waals surface area contributed by atoms with Crippen molar-refractivity contribution < 1.29 is 9.72 Å². The topological polar surface area (TPSA) is 101 Å². The third-order valence-electron chi connectivity index (χ3n) is 5.10. The van der Waals surface area contributed by atoms with E-state index in [0.717, 1.165) is 28.2 Å². The van der Waals surface area contributed by atoms with Crippen LogP contribution in [0.2, 0.25) is 0 Å². The lowest BCUT2D eigenvalue weighted by Gasteiger charge is -2.13. The molecule has 3 rings (SSSR count). The molecule has 1 amide bonds. The van der Waals surface area contributed by atoms with Gasteiger partial charge < -0.3 is 9.88 Å². The number of carbonyl (C=O) groups is 1. The Morgan fingerprint density at radius 3 is 2.39 bits per heavy atom. The van der Waals surface area contributed by atoms with E-state index < -0.39 is 10.8 Å². The molecule has 31 heavy (non-hydrogen) atoms. The largest absolute Gasteiger partial charge is 0.345 e. The molecule has 7 nitrogen and oxygen atoms in total. The van der Waals surface area contributed by atoms with Crippen LogP contribution in [0, 0.1) is 35.3 Å². The Balaban J connectivity index is 1.88. The summed E-state index contributed by atoms with van der Waals surface area (Å²) in [6, 6.07) is 19.4. The van der Waals surface area contributed by atoms with Crippen LogP contribution in [0.25, 0.3) is 11.8 Å². The highest BCUT2D eigenvalue weighted by atomic mass is 16.6. The zero-order valence-electron chi connectivity index (χ0n) is 17.5. The van der Waals surface area contributed by atoms with Gasteiger partial charge in [-0.1, -0.05) is 30.3 Å². The molecule has 0 radical (unpaired) electrons. The minimum atomic E-state index is -0.445. The highest BCUT2D eigenvalue weighted by Crippen LogP contribution is 2.24. The summed E-state index contributed by atoms with van der Waals surface area (Å²) in [5.74, 6) is -0.445. The van der Waals surface area contributed by atoms with Gasteiger partial charge in [0, 0.05) is 29.2 Å². The van der Waals surface area contributed by atoms with Gasteiger partial charge in [0.1, 0.15) is 11.6 Å². The molecular weight excluding hydrogens is 392 g/mol. The molecule has 0 aliphatic carbocycles. The Hall–Kier alpha value is -4.18. The number of amides is 1. The summed E-state index contributed by atoms with van der Waals surface area (Å²) in [5, 5.41) is 23.3. The van der Waals surface area contributed by atoms with Gasteiger partial charge in [0.25, 0.3) is 11.6 Å². The van der Waals surface area contributed by atoms with E-state index in [1.54, 1.807) is 18.2 Å². The monoisotopic (exact) mass is 414 g/mol. The molecule has 0 aliphatic rings. The van der Waals surface area contributed by atoms with Gasteiger partial charge in [0.05, 0.1) is 11.0 Å². The summed E-state index contributed by atoms with van der Waals surface area (Å²) in [4.78, 5) is 23.1. The predicted molar refractivity (Wildman–Crippen MR) is 118 cm³/mol. The van der Waals surface area contributed by atoms with Crippen LogP contribution in [0.3, 0.4) is 0 Å². The van der Waals surface area contributed by atoms with Crippen molar-refractivity contribution in [3.8, 4) is 11.8 Å². The highest BCUT2D eigenvalue weighted by molar-refractivity contribution is 6.02.